The maximum absolute atomic E-state index is 5.24. The number of aromatic nitrogens is 2. The Bertz CT molecular complexity index is 795. The molecule has 3 nitrogen and oxygen atoms in total. The molecule has 0 fully saturated rings. The van der Waals surface area contributed by atoms with Crippen molar-refractivity contribution in [2.45, 2.75) is 0 Å². The molecule has 4 heteroatoms. The number of H-pyrrole nitrogens is 1. The summed E-state index contributed by atoms with van der Waals surface area (Å²) in [5.74, 6) is 0.828. The van der Waals surface area contributed by atoms with Crippen LogP contribution in [0.2, 0.25) is 0 Å². The smallest absolute Gasteiger partial charge is 0.197 e. The molecule has 0 atom stereocenters. The summed E-state index contributed by atoms with van der Waals surface area (Å²) in [6, 6.07) is 19.9. The van der Waals surface area contributed by atoms with E-state index in [4.69, 9.17) is 17.0 Å². The highest BCUT2D eigenvalue weighted by molar-refractivity contribution is 7.71. The van der Waals surface area contributed by atoms with E-state index >= 15 is 0 Å². The highest BCUT2D eigenvalue weighted by Crippen LogP contribution is 2.24. The topological polar surface area (TPSA) is 37.9 Å². The van der Waals surface area contributed by atoms with E-state index in [0.29, 0.717) is 4.77 Å². The van der Waals surface area contributed by atoms with Crippen LogP contribution in [-0.2, 0) is 0 Å². The Hall–Kier alpha value is -2.46. The minimum atomic E-state index is 0.474. The number of nitrogens with zero attached hydrogens (tertiary/aromatic N) is 1. The van der Waals surface area contributed by atoms with E-state index in [-0.39, 0.29) is 0 Å². The Morgan fingerprint density at radius 2 is 1.67 bits per heavy atom. The van der Waals surface area contributed by atoms with Gasteiger partial charge < -0.3 is 9.72 Å². The van der Waals surface area contributed by atoms with E-state index in [2.05, 4.69) is 9.97 Å². The van der Waals surface area contributed by atoms with E-state index < -0.39 is 0 Å². The second-order valence-electron chi connectivity index (χ2n) is 4.58. The third-order valence-corrected chi connectivity index (χ3v) is 3.41. The van der Waals surface area contributed by atoms with Crippen LogP contribution in [0.4, 0.5) is 0 Å². The lowest BCUT2D eigenvalue weighted by atomic mass is 10.1. The third-order valence-electron chi connectivity index (χ3n) is 3.22. The van der Waals surface area contributed by atoms with Crippen molar-refractivity contribution < 1.29 is 4.74 Å². The number of benzene rings is 2. The molecule has 0 saturated heterocycles. The maximum atomic E-state index is 5.24. The molecule has 0 spiro atoms. The largest absolute Gasteiger partial charge is 0.497 e. The molecule has 21 heavy (non-hydrogen) atoms. The van der Waals surface area contributed by atoms with Crippen molar-refractivity contribution >= 4 is 12.2 Å². The molecule has 2 aromatic carbocycles. The monoisotopic (exact) mass is 294 g/mol. The van der Waals surface area contributed by atoms with Crippen LogP contribution in [0, 0.1) is 4.77 Å². The Morgan fingerprint density at radius 1 is 0.952 bits per heavy atom. The lowest BCUT2D eigenvalue weighted by Crippen LogP contribution is -1.91. The minimum absolute atomic E-state index is 0.474. The summed E-state index contributed by atoms with van der Waals surface area (Å²) < 4.78 is 5.65. The number of hydrogen-bond donors (Lipinski definition) is 1. The normalized spacial score (nSPS) is 10.3. The molecule has 3 aromatic rings. The molecule has 1 aromatic heterocycles. The van der Waals surface area contributed by atoms with Gasteiger partial charge in [-0.3, -0.25) is 0 Å². The number of nitrogens with one attached hydrogen (secondary N) is 1. The van der Waals surface area contributed by atoms with Gasteiger partial charge in [0, 0.05) is 11.3 Å². The minimum Gasteiger partial charge on any atom is -0.497 e. The predicted octanol–water partition coefficient (Wildman–Crippen LogP) is 4.48. The highest BCUT2D eigenvalue weighted by atomic mass is 32.1. The van der Waals surface area contributed by atoms with E-state index in [1.807, 2.05) is 60.7 Å². The quantitative estimate of drug-likeness (QED) is 0.724. The molecule has 0 aliphatic rings. The summed E-state index contributed by atoms with van der Waals surface area (Å²) >= 11 is 5.24. The standard InChI is InChI=1S/C17H14N2OS/c1-20-14-9-7-13(8-10-14)16-11-15(18-17(21)19-16)12-5-3-2-4-6-12/h2-11H,1H3,(H,18,19,21). The van der Waals surface area contributed by atoms with Crippen molar-refractivity contribution in [2.75, 3.05) is 7.11 Å². The molecular formula is C17H14N2OS. The molecule has 1 N–H and O–H groups in total. The van der Waals surface area contributed by atoms with Crippen molar-refractivity contribution in [3.63, 3.8) is 0 Å². The van der Waals surface area contributed by atoms with E-state index in [9.17, 15) is 0 Å². The Labute approximate surface area is 128 Å². The number of hydrogen-bond acceptors (Lipinski definition) is 3. The fourth-order valence-corrected chi connectivity index (χ4v) is 2.35. The van der Waals surface area contributed by atoms with Crippen LogP contribution in [0.5, 0.6) is 5.75 Å². The van der Waals surface area contributed by atoms with Crippen LogP contribution in [0.15, 0.2) is 60.7 Å². The Balaban J connectivity index is 2.07. The summed E-state index contributed by atoms with van der Waals surface area (Å²) in [4.78, 5) is 7.53. The molecule has 0 amide bonds. The van der Waals surface area contributed by atoms with E-state index in [1.165, 1.54) is 0 Å². The molecule has 0 aliphatic carbocycles. The fraction of sp³-hybridized carbons (Fsp3) is 0.0588. The first-order valence-corrected chi connectivity index (χ1v) is 6.98. The second-order valence-corrected chi connectivity index (χ2v) is 4.97. The number of ether oxygens (including phenoxy) is 1. The van der Waals surface area contributed by atoms with Crippen LogP contribution >= 0.6 is 12.2 Å². The molecule has 0 radical (unpaired) electrons. The molecule has 0 aliphatic heterocycles. The fourth-order valence-electron chi connectivity index (χ4n) is 2.14. The molecule has 3 rings (SSSR count). The third kappa shape index (κ3) is 3.01. The molecule has 104 valence electrons. The van der Waals surface area contributed by atoms with Crippen LogP contribution < -0.4 is 4.74 Å². The van der Waals surface area contributed by atoms with Crippen molar-refractivity contribution in [2.24, 2.45) is 0 Å². The van der Waals surface area contributed by atoms with Crippen LogP contribution in [-0.4, -0.2) is 17.1 Å². The summed E-state index contributed by atoms with van der Waals surface area (Å²) in [6.07, 6.45) is 0. The first kappa shape index (κ1) is 13.5. The number of rotatable bonds is 3. The van der Waals surface area contributed by atoms with Gasteiger partial charge in [-0.1, -0.05) is 30.3 Å². The maximum Gasteiger partial charge on any atom is 0.197 e. The summed E-state index contributed by atoms with van der Waals surface area (Å²) in [7, 11) is 1.66. The summed E-state index contributed by atoms with van der Waals surface area (Å²) in [5.41, 5.74) is 3.90. The molecule has 0 bridgehead atoms. The lowest BCUT2D eigenvalue weighted by Gasteiger charge is -2.07. The summed E-state index contributed by atoms with van der Waals surface area (Å²) in [5, 5.41) is 0. The van der Waals surface area contributed by atoms with Crippen LogP contribution in [0.1, 0.15) is 0 Å². The van der Waals surface area contributed by atoms with E-state index in [1.54, 1.807) is 7.11 Å². The van der Waals surface area contributed by atoms with Crippen molar-refractivity contribution in [1.29, 1.82) is 0 Å². The molecular weight excluding hydrogens is 280 g/mol. The molecule has 0 saturated carbocycles. The van der Waals surface area contributed by atoms with Crippen molar-refractivity contribution in [3.05, 3.63) is 65.4 Å². The van der Waals surface area contributed by atoms with Gasteiger partial charge in [-0.25, -0.2) is 4.98 Å². The van der Waals surface area contributed by atoms with Crippen LogP contribution in [0.25, 0.3) is 22.5 Å². The van der Waals surface area contributed by atoms with Gasteiger partial charge in [-0.2, -0.15) is 0 Å². The van der Waals surface area contributed by atoms with Gasteiger partial charge in [0.2, 0.25) is 0 Å². The van der Waals surface area contributed by atoms with Gasteiger partial charge in [-0.15, -0.1) is 0 Å². The molecule has 0 unspecified atom stereocenters. The van der Waals surface area contributed by atoms with Gasteiger partial charge in [0.25, 0.3) is 0 Å². The summed E-state index contributed by atoms with van der Waals surface area (Å²) in [6.45, 7) is 0. The number of aromatic amines is 1. The second kappa shape index (κ2) is 5.89. The van der Waals surface area contributed by atoms with Gasteiger partial charge in [0.15, 0.2) is 4.77 Å². The van der Waals surface area contributed by atoms with E-state index in [0.717, 1.165) is 28.3 Å². The lowest BCUT2D eigenvalue weighted by molar-refractivity contribution is 0.415. The average Bonchev–Trinajstić information content (AvgIpc) is 2.55. The number of methoxy groups -OCH3 is 1. The van der Waals surface area contributed by atoms with Crippen molar-refractivity contribution in [1.82, 2.24) is 9.97 Å². The van der Waals surface area contributed by atoms with Crippen LogP contribution in [0.3, 0.4) is 0 Å². The predicted molar refractivity (Wildman–Crippen MR) is 86.8 cm³/mol. The Kier molecular flexibility index (Phi) is 3.79. The average molecular weight is 294 g/mol. The first-order valence-electron chi connectivity index (χ1n) is 6.57. The zero-order valence-corrected chi connectivity index (χ0v) is 12.4. The molecule has 1 heterocycles. The van der Waals surface area contributed by atoms with Gasteiger partial charge in [-0.05, 0) is 48.1 Å². The zero-order valence-electron chi connectivity index (χ0n) is 11.5. The van der Waals surface area contributed by atoms with Gasteiger partial charge in [0.1, 0.15) is 5.75 Å². The van der Waals surface area contributed by atoms with Crippen molar-refractivity contribution in [3.8, 4) is 28.3 Å². The highest BCUT2D eigenvalue weighted by Gasteiger charge is 2.04. The van der Waals surface area contributed by atoms with Gasteiger partial charge >= 0.3 is 0 Å². The SMILES string of the molecule is COc1ccc(-c2cc(-c3ccccc3)nc(=S)[nH]2)cc1. The van der Waals surface area contributed by atoms with Gasteiger partial charge in [0.05, 0.1) is 12.8 Å². The Morgan fingerprint density at radius 3 is 2.33 bits per heavy atom. The first-order chi connectivity index (χ1) is 10.3. The zero-order chi connectivity index (χ0) is 14.7.